The van der Waals surface area contributed by atoms with Gasteiger partial charge in [0.25, 0.3) is 0 Å². The molecular weight excluding hydrogens is 484 g/mol. The van der Waals surface area contributed by atoms with Crippen LogP contribution in [0.15, 0.2) is 48.5 Å². The van der Waals surface area contributed by atoms with Gasteiger partial charge < -0.3 is 9.47 Å². The first-order chi connectivity index (χ1) is 18.3. The van der Waals surface area contributed by atoms with Gasteiger partial charge in [-0.25, -0.2) is 0 Å². The molecule has 4 amide bonds. The molecule has 2 heterocycles. The summed E-state index contributed by atoms with van der Waals surface area (Å²) < 4.78 is 11.5. The molecule has 1 saturated carbocycles. The van der Waals surface area contributed by atoms with E-state index in [-0.39, 0.29) is 0 Å². The molecule has 2 atom stereocenters. The quantitative estimate of drug-likeness (QED) is 0.431. The maximum atomic E-state index is 13.3. The summed E-state index contributed by atoms with van der Waals surface area (Å²) in [4.78, 5) is 55.6. The standard InChI is InChI=1S/C30H34N2O6/c1-5-17(3)15-37-21-11-7-19(8-12-21)31-27(33)23-24(28(31)34)26-25(23)29(35)32(30(26)36)20-9-13-22(14-10-20)38-16-18(4)6-2/h7-14,17-18,23-26H,5-6,15-16H2,1-4H3. The first-order valence-electron chi connectivity index (χ1n) is 13.5. The van der Waals surface area contributed by atoms with Crippen molar-refractivity contribution in [1.82, 2.24) is 0 Å². The molecule has 2 aromatic carbocycles. The summed E-state index contributed by atoms with van der Waals surface area (Å²) in [5.41, 5.74) is 0.848. The van der Waals surface area contributed by atoms with Gasteiger partial charge in [-0.15, -0.1) is 0 Å². The molecule has 5 rings (SSSR count). The zero-order chi connectivity index (χ0) is 27.1. The fourth-order valence-corrected chi connectivity index (χ4v) is 5.39. The van der Waals surface area contributed by atoms with Crippen molar-refractivity contribution in [3.05, 3.63) is 48.5 Å². The zero-order valence-corrected chi connectivity index (χ0v) is 22.3. The molecule has 1 aliphatic carbocycles. The van der Waals surface area contributed by atoms with Crippen LogP contribution in [0.25, 0.3) is 0 Å². The van der Waals surface area contributed by atoms with E-state index >= 15 is 0 Å². The number of ether oxygens (including phenoxy) is 2. The molecule has 0 N–H and O–H groups in total. The van der Waals surface area contributed by atoms with Crippen LogP contribution in [0.4, 0.5) is 11.4 Å². The predicted octanol–water partition coefficient (Wildman–Crippen LogP) is 4.46. The Morgan fingerprint density at radius 1 is 0.579 bits per heavy atom. The van der Waals surface area contributed by atoms with Crippen molar-refractivity contribution in [2.24, 2.45) is 35.5 Å². The van der Waals surface area contributed by atoms with Crippen molar-refractivity contribution >= 4 is 35.0 Å². The van der Waals surface area contributed by atoms with Gasteiger partial charge in [-0.2, -0.15) is 0 Å². The van der Waals surface area contributed by atoms with E-state index in [0.29, 0.717) is 47.9 Å². The van der Waals surface area contributed by atoms with Crippen molar-refractivity contribution in [1.29, 1.82) is 0 Å². The first-order valence-corrected chi connectivity index (χ1v) is 13.5. The number of fused-ring (bicyclic) bond motifs is 4. The normalized spacial score (nSPS) is 25.7. The molecule has 38 heavy (non-hydrogen) atoms. The second-order valence-corrected chi connectivity index (χ2v) is 10.8. The Kier molecular flexibility index (Phi) is 6.99. The number of anilines is 2. The molecule has 0 bridgehead atoms. The van der Waals surface area contributed by atoms with E-state index in [4.69, 9.17) is 9.47 Å². The lowest BCUT2D eigenvalue weighted by atomic mass is 9.59. The molecule has 0 aromatic heterocycles. The number of imide groups is 2. The highest BCUT2D eigenvalue weighted by Crippen LogP contribution is 2.57. The highest BCUT2D eigenvalue weighted by atomic mass is 16.5. The van der Waals surface area contributed by atoms with E-state index in [9.17, 15) is 19.2 Å². The summed E-state index contributed by atoms with van der Waals surface area (Å²) in [6.07, 6.45) is 2.01. The zero-order valence-electron chi connectivity index (χ0n) is 22.3. The van der Waals surface area contributed by atoms with Gasteiger partial charge in [0.2, 0.25) is 23.6 Å². The van der Waals surface area contributed by atoms with Crippen molar-refractivity contribution in [2.75, 3.05) is 23.0 Å². The van der Waals surface area contributed by atoms with Crippen LogP contribution in [0.1, 0.15) is 40.5 Å². The molecule has 0 spiro atoms. The van der Waals surface area contributed by atoms with Crippen LogP contribution in [-0.2, 0) is 19.2 Å². The Balaban J connectivity index is 1.29. The number of hydrogen-bond donors (Lipinski definition) is 0. The molecule has 2 aliphatic heterocycles. The van der Waals surface area contributed by atoms with Crippen LogP contribution < -0.4 is 19.3 Å². The summed E-state index contributed by atoms with van der Waals surface area (Å²) in [5.74, 6) is -2.79. The average Bonchev–Trinajstić information content (AvgIpc) is 3.24. The molecule has 3 fully saturated rings. The number of benzene rings is 2. The summed E-state index contributed by atoms with van der Waals surface area (Å²) >= 11 is 0. The number of amides is 4. The largest absolute Gasteiger partial charge is 0.493 e. The second kappa shape index (κ2) is 10.2. The Morgan fingerprint density at radius 3 is 1.13 bits per heavy atom. The Bertz CT molecular complexity index is 1090. The fraction of sp³-hybridized carbons (Fsp3) is 0.467. The van der Waals surface area contributed by atoms with E-state index in [1.54, 1.807) is 48.5 Å². The third-order valence-corrected chi connectivity index (χ3v) is 8.22. The van der Waals surface area contributed by atoms with Crippen molar-refractivity contribution < 1.29 is 28.7 Å². The van der Waals surface area contributed by atoms with Crippen LogP contribution >= 0.6 is 0 Å². The summed E-state index contributed by atoms with van der Waals surface area (Å²) in [5, 5.41) is 0. The number of hydrogen-bond acceptors (Lipinski definition) is 6. The maximum absolute atomic E-state index is 13.3. The highest BCUT2D eigenvalue weighted by molar-refractivity contribution is 6.32. The van der Waals surface area contributed by atoms with Gasteiger partial charge in [-0.1, -0.05) is 40.5 Å². The molecule has 8 nitrogen and oxygen atoms in total. The lowest BCUT2D eigenvalue weighted by molar-refractivity contribution is -0.146. The lowest BCUT2D eigenvalue weighted by Crippen LogP contribution is -2.50. The molecule has 2 aromatic rings. The minimum absolute atomic E-state index is 0.418. The number of carbonyl (C=O) groups is 4. The number of rotatable bonds is 10. The van der Waals surface area contributed by atoms with Crippen LogP contribution in [0.3, 0.4) is 0 Å². The average molecular weight is 519 g/mol. The minimum Gasteiger partial charge on any atom is -0.493 e. The summed E-state index contributed by atoms with van der Waals surface area (Å²) in [6, 6.07) is 13.6. The Labute approximate surface area is 222 Å². The van der Waals surface area contributed by atoms with Gasteiger partial charge in [-0.3, -0.25) is 29.0 Å². The van der Waals surface area contributed by atoms with Crippen molar-refractivity contribution in [3.8, 4) is 11.5 Å². The SMILES string of the molecule is CCC(C)COc1ccc(N2C(=O)C3C(C2=O)C2C(=O)N(c4ccc(OCC(C)CC)cc4)C(=O)C32)cc1. The monoisotopic (exact) mass is 518 g/mol. The second-order valence-electron chi connectivity index (χ2n) is 10.8. The molecule has 2 unspecified atom stereocenters. The first kappa shape index (κ1) is 25.9. The van der Waals surface area contributed by atoms with Gasteiger partial charge in [0.15, 0.2) is 0 Å². The number of carbonyl (C=O) groups excluding carboxylic acids is 4. The van der Waals surface area contributed by atoms with Gasteiger partial charge in [-0.05, 0) is 60.4 Å². The highest BCUT2D eigenvalue weighted by Gasteiger charge is 2.73. The summed E-state index contributed by atoms with van der Waals surface area (Å²) in [7, 11) is 0. The maximum Gasteiger partial charge on any atom is 0.238 e. The minimum atomic E-state index is -0.812. The molecule has 8 heteroatoms. The van der Waals surface area contributed by atoms with E-state index in [0.717, 1.165) is 22.6 Å². The smallest absolute Gasteiger partial charge is 0.238 e. The van der Waals surface area contributed by atoms with Gasteiger partial charge in [0, 0.05) is 0 Å². The van der Waals surface area contributed by atoms with Gasteiger partial charge >= 0.3 is 0 Å². The fourth-order valence-electron chi connectivity index (χ4n) is 5.39. The topological polar surface area (TPSA) is 93.2 Å². The van der Waals surface area contributed by atoms with E-state index < -0.39 is 47.3 Å². The third kappa shape index (κ3) is 4.25. The van der Waals surface area contributed by atoms with Crippen molar-refractivity contribution in [2.45, 2.75) is 40.5 Å². The van der Waals surface area contributed by atoms with E-state index in [1.165, 1.54) is 0 Å². The lowest BCUT2D eigenvalue weighted by Gasteiger charge is -2.36. The molecular formula is C30H34N2O6. The number of nitrogens with zero attached hydrogens (tertiary/aromatic N) is 2. The van der Waals surface area contributed by atoms with E-state index in [2.05, 4.69) is 27.7 Å². The van der Waals surface area contributed by atoms with Gasteiger partial charge in [0.1, 0.15) is 11.5 Å². The van der Waals surface area contributed by atoms with Crippen LogP contribution in [0.5, 0.6) is 11.5 Å². The Hall–Kier alpha value is -3.68. The molecule has 200 valence electrons. The van der Waals surface area contributed by atoms with Crippen LogP contribution in [0, 0.1) is 35.5 Å². The van der Waals surface area contributed by atoms with Crippen LogP contribution in [0.2, 0.25) is 0 Å². The Morgan fingerprint density at radius 2 is 0.868 bits per heavy atom. The van der Waals surface area contributed by atoms with Crippen molar-refractivity contribution in [3.63, 3.8) is 0 Å². The molecule has 3 aliphatic rings. The summed E-state index contributed by atoms with van der Waals surface area (Å²) in [6.45, 7) is 9.57. The predicted molar refractivity (Wildman–Crippen MR) is 142 cm³/mol. The van der Waals surface area contributed by atoms with Gasteiger partial charge in [0.05, 0.1) is 48.3 Å². The molecule has 2 saturated heterocycles. The van der Waals surface area contributed by atoms with Crippen LogP contribution in [-0.4, -0.2) is 36.8 Å². The third-order valence-electron chi connectivity index (χ3n) is 8.22. The molecule has 0 radical (unpaired) electrons. The van der Waals surface area contributed by atoms with E-state index in [1.807, 2.05) is 0 Å².